The Morgan fingerprint density at radius 3 is 2.63 bits per heavy atom. The normalized spacial score (nSPS) is 16.2. The molecule has 1 amide bonds. The van der Waals surface area contributed by atoms with Gasteiger partial charge in [-0.25, -0.2) is 41.4 Å². The predicted molar refractivity (Wildman–Crippen MR) is 133 cm³/mol. The first kappa shape index (κ1) is 25.5. The minimum Gasteiger partial charge on any atom is -0.465 e. The van der Waals surface area contributed by atoms with Crippen molar-refractivity contribution in [2.24, 2.45) is 0 Å². The van der Waals surface area contributed by atoms with Crippen LogP contribution in [-0.4, -0.2) is 57.4 Å². The van der Waals surface area contributed by atoms with Crippen molar-refractivity contribution in [1.82, 2.24) is 29.4 Å². The number of nitrogens with two attached hydrogens (primary N) is 1. The molecule has 0 bridgehead atoms. The standard InChI is InChI=1S/C24H23F2N7O4S/c25-16-7-8-19(18(26)10-16)38(36,37)30-11-14-3-5-15(6-4-14)21-20-22(27)28-13-29-23(20)33(31-21)17-2-1-9-32(12-17)24(34)35/h3-8,10,13,17,30H,1-2,9,11-12H2,(H,34,35)(H2,27,28,29)/t17-/m1/s1. The van der Waals surface area contributed by atoms with Gasteiger partial charge in [0.2, 0.25) is 10.0 Å². The van der Waals surface area contributed by atoms with Crippen molar-refractivity contribution in [3.8, 4) is 11.3 Å². The lowest BCUT2D eigenvalue weighted by Crippen LogP contribution is -2.40. The number of likely N-dealkylation sites (tertiary alicyclic amines) is 1. The number of aromatic nitrogens is 4. The number of nitrogens with one attached hydrogen (secondary N) is 1. The quantitative estimate of drug-likeness (QED) is 0.335. The second kappa shape index (κ2) is 9.95. The van der Waals surface area contributed by atoms with Gasteiger partial charge in [-0.3, -0.25) is 0 Å². The van der Waals surface area contributed by atoms with E-state index in [9.17, 15) is 27.1 Å². The van der Waals surface area contributed by atoms with Crippen LogP contribution in [0.5, 0.6) is 0 Å². The number of nitrogens with zero attached hydrogens (tertiary/aromatic N) is 5. The number of amides is 1. The summed E-state index contributed by atoms with van der Waals surface area (Å²) in [6.45, 7) is 0.587. The highest BCUT2D eigenvalue weighted by Gasteiger charge is 2.28. The van der Waals surface area contributed by atoms with Crippen LogP contribution in [0.1, 0.15) is 24.4 Å². The second-order valence-electron chi connectivity index (χ2n) is 8.87. The summed E-state index contributed by atoms with van der Waals surface area (Å²) in [6, 6.07) is 8.83. The molecule has 0 saturated carbocycles. The summed E-state index contributed by atoms with van der Waals surface area (Å²) in [5, 5.41) is 14.7. The zero-order chi connectivity index (χ0) is 27.0. The van der Waals surface area contributed by atoms with E-state index in [1.165, 1.54) is 11.2 Å². The first-order valence-corrected chi connectivity index (χ1v) is 13.1. The lowest BCUT2D eigenvalue weighted by Gasteiger charge is -2.30. The molecule has 1 aliphatic heterocycles. The minimum atomic E-state index is -4.21. The smallest absolute Gasteiger partial charge is 0.407 e. The molecule has 1 atom stereocenters. The fourth-order valence-electron chi connectivity index (χ4n) is 4.51. The number of carboxylic acid groups (broad SMARTS) is 1. The summed E-state index contributed by atoms with van der Waals surface area (Å²) in [6.07, 6.45) is 1.74. The zero-order valence-corrected chi connectivity index (χ0v) is 20.7. The molecule has 5 rings (SSSR count). The molecule has 0 aliphatic carbocycles. The molecular weight excluding hydrogens is 520 g/mol. The summed E-state index contributed by atoms with van der Waals surface area (Å²) in [7, 11) is -4.21. The number of nitrogen functional groups attached to an aromatic ring is 1. The molecule has 2 aromatic carbocycles. The van der Waals surface area contributed by atoms with Crippen LogP contribution in [0.25, 0.3) is 22.3 Å². The number of fused-ring (bicyclic) bond motifs is 1. The molecule has 38 heavy (non-hydrogen) atoms. The summed E-state index contributed by atoms with van der Waals surface area (Å²) < 4.78 is 56.0. The Labute approximate surface area is 216 Å². The lowest BCUT2D eigenvalue weighted by molar-refractivity contribution is 0.120. The van der Waals surface area contributed by atoms with E-state index in [1.807, 2.05) is 0 Å². The third kappa shape index (κ3) is 4.87. The molecule has 4 aromatic rings. The first-order chi connectivity index (χ1) is 18.1. The van der Waals surface area contributed by atoms with Gasteiger partial charge in [0.05, 0.1) is 11.4 Å². The molecule has 0 unspecified atom stereocenters. The van der Waals surface area contributed by atoms with Crippen molar-refractivity contribution < 1.29 is 27.1 Å². The van der Waals surface area contributed by atoms with Crippen LogP contribution in [0.2, 0.25) is 0 Å². The van der Waals surface area contributed by atoms with Gasteiger partial charge in [-0.05, 0) is 30.5 Å². The Morgan fingerprint density at radius 2 is 1.92 bits per heavy atom. The van der Waals surface area contributed by atoms with Gasteiger partial charge in [0.15, 0.2) is 5.65 Å². The van der Waals surface area contributed by atoms with Gasteiger partial charge in [0, 0.05) is 31.3 Å². The molecule has 3 heterocycles. The summed E-state index contributed by atoms with van der Waals surface area (Å²) in [5.74, 6) is -1.83. The van der Waals surface area contributed by atoms with Gasteiger partial charge >= 0.3 is 6.09 Å². The Hall–Kier alpha value is -4.17. The number of hydrogen-bond acceptors (Lipinski definition) is 7. The fourth-order valence-corrected chi connectivity index (χ4v) is 5.58. The number of anilines is 1. The molecule has 1 fully saturated rings. The maximum Gasteiger partial charge on any atom is 0.407 e. The average molecular weight is 544 g/mol. The van der Waals surface area contributed by atoms with E-state index in [1.54, 1.807) is 28.9 Å². The van der Waals surface area contributed by atoms with Crippen molar-refractivity contribution in [1.29, 1.82) is 0 Å². The molecule has 0 spiro atoms. The highest BCUT2D eigenvalue weighted by molar-refractivity contribution is 7.89. The van der Waals surface area contributed by atoms with E-state index in [4.69, 9.17) is 10.8 Å². The third-order valence-electron chi connectivity index (χ3n) is 6.41. The predicted octanol–water partition coefficient (Wildman–Crippen LogP) is 3.15. The Morgan fingerprint density at radius 1 is 1.16 bits per heavy atom. The van der Waals surface area contributed by atoms with Crippen molar-refractivity contribution in [3.63, 3.8) is 0 Å². The molecule has 14 heteroatoms. The van der Waals surface area contributed by atoms with E-state index in [0.29, 0.717) is 46.9 Å². The maximum atomic E-state index is 13.9. The fraction of sp³-hybridized carbons (Fsp3) is 0.250. The van der Waals surface area contributed by atoms with Crippen molar-refractivity contribution in [2.75, 3.05) is 18.8 Å². The topological polar surface area (TPSA) is 156 Å². The van der Waals surface area contributed by atoms with E-state index in [-0.39, 0.29) is 24.9 Å². The molecular formula is C24H23F2N7O4S. The van der Waals surface area contributed by atoms with Gasteiger partial charge < -0.3 is 15.7 Å². The van der Waals surface area contributed by atoms with E-state index >= 15 is 0 Å². The average Bonchev–Trinajstić information content (AvgIpc) is 3.29. The molecule has 198 valence electrons. The van der Waals surface area contributed by atoms with Crippen LogP contribution in [0.4, 0.5) is 19.4 Å². The molecule has 0 radical (unpaired) electrons. The number of piperidine rings is 1. The Balaban J connectivity index is 1.41. The summed E-state index contributed by atoms with van der Waals surface area (Å²) >= 11 is 0. The molecule has 4 N–H and O–H groups in total. The van der Waals surface area contributed by atoms with Crippen LogP contribution in [-0.2, 0) is 16.6 Å². The van der Waals surface area contributed by atoms with Crippen LogP contribution in [0.15, 0.2) is 53.7 Å². The number of rotatable bonds is 6. The number of benzene rings is 2. The van der Waals surface area contributed by atoms with Gasteiger partial charge in [-0.2, -0.15) is 5.10 Å². The SMILES string of the molecule is Nc1ncnc2c1c(-c1ccc(CNS(=O)(=O)c3ccc(F)cc3F)cc1)nn2[C@@H]1CCCN(C(=O)O)C1. The molecule has 2 aromatic heterocycles. The Bertz CT molecular complexity index is 1630. The zero-order valence-electron chi connectivity index (χ0n) is 19.9. The first-order valence-electron chi connectivity index (χ1n) is 11.6. The van der Waals surface area contributed by atoms with Crippen LogP contribution >= 0.6 is 0 Å². The number of hydrogen-bond donors (Lipinski definition) is 3. The molecule has 1 aliphatic rings. The maximum absolute atomic E-state index is 13.9. The minimum absolute atomic E-state index is 0.132. The van der Waals surface area contributed by atoms with Gasteiger partial charge in [-0.1, -0.05) is 24.3 Å². The lowest BCUT2D eigenvalue weighted by atomic mass is 10.1. The second-order valence-corrected chi connectivity index (χ2v) is 10.6. The highest BCUT2D eigenvalue weighted by Crippen LogP contribution is 2.34. The van der Waals surface area contributed by atoms with Gasteiger partial charge in [-0.15, -0.1) is 0 Å². The van der Waals surface area contributed by atoms with Crippen LogP contribution < -0.4 is 10.5 Å². The third-order valence-corrected chi connectivity index (χ3v) is 7.84. The van der Waals surface area contributed by atoms with Gasteiger partial charge in [0.1, 0.15) is 34.4 Å². The number of carbonyl (C=O) groups is 1. The van der Waals surface area contributed by atoms with Crippen LogP contribution in [0.3, 0.4) is 0 Å². The van der Waals surface area contributed by atoms with E-state index in [0.717, 1.165) is 18.6 Å². The largest absolute Gasteiger partial charge is 0.465 e. The van der Waals surface area contributed by atoms with E-state index in [2.05, 4.69) is 14.7 Å². The van der Waals surface area contributed by atoms with Crippen molar-refractivity contribution in [3.05, 3.63) is 66.0 Å². The van der Waals surface area contributed by atoms with Gasteiger partial charge in [0.25, 0.3) is 0 Å². The molecule has 1 saturated heterocycles. The number of sulfonamides is 1. The Kier molecular flexibility index (Phi) is 6.67. The highest BCUT2D eigenvalue weighted by atomic mass is 32.2. The van der Waals surface area contributed by atoms with Crippen molar-refractivity contribution in [2.45, 2.75) is 30.3 Å². The van der Waals surface area contributed by atoms with Crippen molar-refractivity contribution >= 4 is 33.0 Å². The summed E-state index contributed by atoms with van der Waals surface area (Å²) in [5.41, 5.74) is 8.41. The molecule has 11 nitrogen and oxygen atoms in total. The summed E-state index contributed by atoms with van der Waals surface area (Å²) in [4.78, 5) is 20.7. The van der Waals surface area contributed by atoms with E-state index < -0.39 is 32.6 Å². The number of halogens is 2. The van der Waals surface area contributed by atoms with Crippen LogP contribution in [0, 0.1) is 11.6 Å². The monoisotopic (exact) mass is 543 g/mol.